The van der Waals surface area contributed by atoms with Crippen molar-refractivity contribution in [2.45, 2.75) is 25.1 Å². The number of piperidine rings is 1. The maximum absolute atomic E-state index is 12.6. The van der Waals surface area contributed by atoms with Crippen LogP contribution in [-0.4, -0.2) is 24.1 Å². The third-order valence-electron chi connectivity index (χ3n) is 4.55. The van der Waals surface area contributed by atoms with Gasteiger partial charge in [-0.3, -0.25) is 0 Å². The molecular weight excluding hydrogens is 355 g/mol. The summed E-state index contributed by atoms with van der Waals surface area (Å²) in [7, 11) is 0. The van der Waals surface area contributed by atoms with E-state index in [2.05, 4.69) is 22.4 Å². The van der Waals surface area contributed by atoms with Crippen LogP contribution >= 0.6 is 0 Å². The molecule has 138 valence electrons. The molecule has 1 N–H and O–H groups in total. The molecule has 1 aromatic carbocycles. The van der Waals surface area contributed by atoms with Crippen molar-refractivity contribution in [2.24, 2.45) is 0 Å². The predicted octanol–water partition coefficient (Wildman–Crippen LogP) is 3.92. The molecule has 1 saturated heterocycles. The molecule has 0 radical (unpaired) electrons. The number of para-hydroxylation sites is 1. The fraction of sp³-hybridized carbons (Fsp3) is 0.316. The Morgan fingerprint density at radius 1 is 1.04 bits per heavy atom. The largest absolute Gasteiger partial charge is 0.417 e. The lowest BCUT2D eigenvalue weighted by Gasteiger charge is -2.34. The highest BCUT2D eigenvalue weighted by Gasteiger charge is 2.31. The first-order valence-corrected chi connectivity index (χ1v) is 8.40. The Kier molecular flexibility index (Phi) is 5.18. The first-order valence-electron chi connectivity index (χ1n) is 8.40. The number of halogens is 3. The summed E-state index contributed by atoms with van der Waals surface area (Å²) >= 11 is 0. The second-order valence-electron chi connectivity index (χ2n) is 6.26. The molecule has 8 heteroatoms. The summed E-state index contributed by atoms with van der Waals surface area (Å²) in [6.45, 7) is 1.24. The highest BCUT2D eigenvalue weighted by Crippen LogP contribution is 2.30. The Hall–Kier alpha value is -3.26. The third-order valence-corrected chi connectivity index (χ3v) is 4.55. The van der Waals surface area contributed by atoms with Gasteiger partial charge in [0.1, 0.15) is 18.0 Å². The van der Waals surface area contributed by atoms with Crippen LogP contribution in [0.1, 0.15) is 29.5 Å². The van der Waals surface area contributed by atoms with Crippen molar-refractivity contribution in [1.29, 1.82) is 10.5 Å². The number of hydrogen-bond acceptors (Lipinski definition) is 5. The summed E-state index contributed by atoms with van der Waals surface area (Å²) in [5.74, 6) is 0.511. The summed E-state index contributed by atoms with van der Waals surface area (Å²) in [6, 6.07) is 11.6. The number of rotatable bonds is 3. The van der Waals surface area contributed by atoms with Gasteiger partial charge in [0.15, 0.2) is 0 Å². The van der Waals surface area contributed by atoms with E-state index < -0.39 is 11.7 Å². The third kappa shape index (κ3) is 4.12. The first-order chi connectivity index (χ1) is 12.9. The van der Waals surface area contributed by atoms with Crippen LogP contribution in [0, 0.1) is 22.7 Å². The number of aromatic nitrogens is 1. The number of hydrogen-bond donors (Lipinski definition) is 1. The SMILES string of the molecule is N#Cc1cccc(C#N)c1NC1CCN(c2ccc(C(F)(F)F)cn2)CC1. The lowest BCUT2D eigenvalue weighted by atomic mass is 10.0. The van der Waals surface area contributed by atoms with Crippen molar-refractivity contribution in [3.8, 4) is 12.1 Å². The Labute approximate surface area is 154 Å². The van der Waals surface area contributed by atoms with Crippen molar-refractivity contribution in [3.63, 3.8) is 0 Å². The number of nitrogens with one attached hydrogen (secondary N) is 1. The van der Waals surface area contributed by atoms with Gasteiger partial charge >= 0.3 is 6.18 Å². The van der Waals surface area contributed by atoms with Crippen molar-refractivity contribution >= 4 is 11.5 Å². The minimum atomic E-state index is -4.39. The number of pyridine rings is 1. The molecule has 1 fully saturated rings. The van der Waals surface area contributed by atoms with Gasteiger partial charge in [0.05, 0.1) is 22.4 Å². The molecule has 0 saturated carbocycles. The average molecular weight is 371 g/mol. The van der Waals surface area contributed by atoms with Gasteiger partial charge < -0.3 is 10.2 Å². The second kappa shape index (κ2) is 7.55. The van der Waals surface area contributed by atoms with Crippen LogP contribution in [0.5, 0.6) is 0 Å². The maximum atomic E-state index is 12.6. The van der Waals surface area contributed by atoms with E-state index in [1.54, 1.807) is 18.2 Å². The second-order valence-corrected chi connectivity index (χ2v) is 6.26. The molecule has 0 spiro atoms. The molecule has 0 aliphatic carbocycles. The summed E-state index contributed by atoms with van der Waals surface area (Å²) in [5, 5.41) is 21.8. The van der Waals surface area contributed by atoms with E-state index in [1.165, 1.54) is 6.07 Å². The van der Waals surface area contributed by atoms with Crippen LogP contribution in [0.25, 0.3) is 0 Å². The molecule has 0 amide bonds. The molecule has 3 rings (SSSR count). The van der Waals surface area contributed by atoms with E-state index in [-0.39, 0.29) is 6.04 Å². The molecule has 0 unspecified atom stereocenters. The van der Waals surface area contributed by atoms with Gasteiger partial charge in [-0.15, -0.1) is 0 Å². The highest BCUT2D eigenvalue weighted by atomic mass is 19.4. The Balaban J connectivity index is 1.65. The summed E-state index contributed by atoms with van der Waals surface area (Å²) in [6.07, 6.45) is -2.11. The van der Waals surface area contributed by atoms with Crippen LogP contribution in [0.15, 0.2) is 36.5 Å². The van der Waals surface area contributed by atoms with E-state index in [9.17, 15) is 23.7 Å². The lowest BCUT2D eigenvalue weighted by molar-refractivity contribution is -0.137. The standard InChI is InChI=1S/C19H16F3N5/c20-19(21,22)15-4-5-17(25-12-15)27-8-6-16(7-9-27)26-18-13(10-23)2-1-3-14(18)11-24/h1-5,12,16,26H,6-9H2. The molecule has 27 heavy (non-hydrogen) atoms. The first kappa shape index (κ1) is 18.5. The van der Waals surface area contributed by atoms with Gasteiger partial charge in [-0.2, -0.15) is 23.7 Å². The van der Waals surface area contributed by atoms with E-state index >= 15 is 0 Å². The molecule has 1 aliphatic rings. The van der Waals surface area contributed by atoms with Gasteiger partial charge in [-0.05, 0) is 37.1 Å². The fourth-order valence-corrected chi connectivity index (χ4v) is 3.09. The molecule has 1 aliphatic heterocycles. The van der Waals surface area contributed by atoms with E-state index in [1.807, 2.05) is 4.90 Å². The number of benzene rings is 1. The van der Waals surface area contributed by atoms with E-state index in [0.29, 0.717) is 48.6 Å². The average Bonchev–Trinajstić information content (AvgIpc) is 2.68. The zero-order chi connectivity index (χ0) is 19.4. The Morgan fingerprint density at radius 3 is 2.15 bits per heavy atom. The van der Waals surface area contributed by atoms with Crippen LogP contribution in [-0.2, 0) is 6.18 Å². The maximum Gasteiger partial charge on any atom is 0.417 e. The van der Waals surface area contributed by atoms with Gasteiger partial charge in [0.2, 0.25) is 0 Å². The van der Waals surface area contributed by atoms with Gasteiger partial charge in [0, 0.05) is 25.3 Å². The van der Waals surface area contributed by atoms with Crippen molar-refractivity contribution in [1.82, 2.24) is 4.98 Å². The minimum Gasteiger partial charge on any atom is -0.380 e. The van der Waals surface area contributed by atoms with Crippen LogP contribution < -0.4 is 10.2 Å². The quantitative estimate of drug-likeness (QED) is 0.885. The number of nitriles is 2. The smallest absolute Gasteiger partial charge is 0.380 e. The van der Waals surface area contributed by atoms with E-state index in [4.69, 9.17) is 0 Å². The summed E-state index contributed by atoms with van der Waals surface area (Å²) in [5.41, 5.74) is 0.607. The Bertz CT molecular complexity index is 853. The predicted molar refractivity (Wildman–Crippen MR) is 94.0 cm³/mol. The fourth-order valence-electron chi connectivity index (χ4n) is 3.09. The molecular formula is C19H16F3N5. The van der Waals surface area contributed by atoms with Crippen LogP contribution in [0.3, 0.4) is 0 Å². The summed E-state index contributed by atoms with van der Waals surface area (Å²) in [4.78, 5) is 5.86. The zero-order valence-corrected chi connectivity index (χ0v) is 14.3. The van der Waals surface area contributed by atoms with E-state index in [0.717, 1.165) is 12.3 Å². The topological polar surface area (TPSA) is 75.7 Å². The van der Waals surface area contributed by atoms with Gasteiger partial charge in [-0.25, -0.2) is 4.98 Å². The highest BCUT2D eigenvalue weighted by molar-refractivity contribution is 5.67. The van der Waals surface area contributed by atoms with Crippen LogP contribution in [0.4, 0.5) is 24.7 Å². The molecule has 1 aromatic heterocycles. The van der Waals surface area contributed by atoms with Crippen LogP contribution in [0.2, 0.25) is 0 Å². The minimum absolute atomic E-state index is 0.0669. The lowest BCUT2D eigenvalue weighted by Crippen LogP contribution is -2.39. The molecule has 0 bridgehead atoms. The number of alkyl halides is 3. The van der Waals surface area contributed by atoms with Crippen molar-refractivity contribution in [3.05, 3.63) is 53.2 Å². The normalized spacial score (nSPS) is 15.1. The number of anilines is 2. The zero-order valence-electron chi connectivity index (χ0n) is 14.3. The van der Waals surface area contributed by atoms with Gasteiger partial charge in [-0.1, -0.05) is 6.07 Å². The van der Waals surface area contributed by atoms with Crippen molar-refractivity contribution < 1.29 is 13.2 Å². The molecule has 2 aromatic rings. The molecule has 0 atom stereocenters. The number of nitrogens with zero attached hydrogens (tertiary/aromatic N) is 4. The van der Waals surface area contributed by atoms with Gasteiger partial charge in [0.25, 0.3) is 0 Å². The molecule has 5 nitrogen and oxygen atoms in total. The molecule has 2 heterocycles. The monoisotopic (exact) mass is 371 g/mol. The summed E-state index contributed by atoms with van der Waals surface area (Å²) < 4.78 is 37.9. The van der Waals surface area contributed by atoms with Crippen molar-refractivity contribution in [2.75, 3.05) is 23.3 Å². The Morgan fingerprint density at radius 2 is 1.67 bits per heavy atom.